The van der Waals surface area contributed by atoms with Crippen LogP contribution in [0.25, 0.3) is 22.0 Å². The molecular formula is C16H8ClF3N2O2. The molecule has 0 unspecified atom stereocenters. The first kappa shape index (κ1) is 16.2. The van der Waals surface area contributed by atoms with Gasteiger partial charge in [0.25, 0.3) is 0 Å². The number of nitrogens with zero attached hydrogens (tertiary/aromatic N) is 2. The molecule has 0 fully saturated rings. The van der Waals surface area contributed by atoms with Crippen molar-refractivity contribution in [2.75, 3.05) is 0 Å². The van der Waals surface area contributed by atoms with Crippen LogP contribution < -0.4 is 0 Å². The number of aromatic carboxylic acids is 1. The van der Waals surface area contributed by atoms with Crippen molar-refractivity contribution in [1.82, 2.24) is 9.97 Å². The summed E-state index contributed by atoms with van der Waals surface area (Å²) in [6.45, 7) is 0. The molecule has 0 spiro atoms. The summed E-state index contributed by atoms with van der Waals surface area (Å²) in [6, 6.07) is 8.17. The summed E-state index contributed by atoms with van der Waals surface area (Å²) in [5.41, 5.74) is -0.950. The molecule has 0 bridgehead atoms. The van der Waals surface area contributed by atoms with Crippen LogP contribution in [0.3, 0.4) is 0 Å². The third-order valence-electron chi connectivity index (χ3n) is 3.38. The highest BCUT2D eigenvalue weighted by molar-refractivity contribution is 6.31. The van der Waals surface area contributed by atoms with E-state index in [1.807, 2.05) is 0 Å². The van der Waals surface area contributed by atoms with Crippen molar-refractivity contribution in [1.29, 1.82) is 0 Å². The van der Waals surface area contributed by atoms with E-state index in [1.165, 1.54) is 12.3 Å². The fourth-order valence-electron chi connectivity index (χ4n) is 2.35. The second kappa shape index (κ2) is 5.76. The number of rotatable bonds is 2. The maximum Gasteiger partial charge on any atom is 0.433 e. The molecule has 3 rings (SSSR count). The van der Waals surface area contributed by atoms with Crippen molar-refractivity contribution in [3.63, 3.8) is 0 Å². The average Bonchev–Trinajstić information content (AvgIpc) is 2.52. The number of carboxylic acid groups (broad SMARTS) is 1. The lowest BCUT2D eigenvalue weighted by Gasteiger charge is -2.12. The summed E-state index contributed by atoms with van der Waals surface area (Å²) in [4.78, 5) is 18.8. The van der Waals surface area contributed by atoms with Gasteiger partial charge in [0.15, 0.2) is 5.69 Å². The van der Waals surface area contributed by atoms with Crippen molar-refractivity contribution in [2.45, 2.75) is 6.18 Å². The van der Waals surface area contributed by atoms with E-state index in [0.717, 1.165) is 12.1 Å². The van der Waals surface area contributed by atoms with Crippen LogP contribution in [-0.4, -0.2) is 21.0 Å². The van der Waals surface area contributed by atoms with Gasteiger partial charge in [-0.3, -0.25) is 4.98 Å². The highest BCUT2D eigenvalue weighted by Crippen LogP contribution is 2.34. The van der Waals surface area contributed by atoms with E-state index in [9.17, 15) is 23.1 Å². The Labute approximate surface area is 138 Å². The van der Waals surface area contributed by atoms with Crippen LogP contribution in [0.15, 0.2) is 42.6 Å². The molecule has 4 nitrogen and oxygen atoms in total. The first-order chi connectivity index (χ1) is 11.3. The minimum atomic E-state index is -4.73. The molecule has 1 N–H and O–H groups in total. The molecule has 2 aromatic heterocycles. The van der Waals surface area contributed by atoms with Crippen LogP contribution in [0.1, 0.15) is 16.2 Å². The van der Waals surface area contributed by atoms with Crippen molar-refractivity contribution in [3.8, 4) is 11.1 Å². The molecule has 8 heteroatoms. The van der Waals surface area contributed by atoms with Gasteiger partial charge in [-0.2, -0.15) is 13.2 Å². The average molecular weight is 353 g/mol. The van der Waals surface area contributed by atoms with Crippen molar-refractivity contribution in [2.24, 2.45) is 0 Å². The van der Waals surface area contributed by atoms with Gasteiger partial charge in [0, 0.05) is 22.2 Å². The Kier molecular flexibility index (Phi) is 3.88. The molecule has 3 aromatic rings. The van der Waals surface area contributed by atoms with Crippen LogP contribution in [-0.2, 0) is 6.18 Å². The Bertz CT molecular complexity index is 958. The quantitative estimate of drug-likeness (QED) is 0.728. The van der Waals surface area contributed by atoms with Gasteiger partial charge in [-0.15, -0.1) is 0 Å². The lowest BCUT2D eigenvalue weighted by molar-refractivity contribution is -0.141. The summed E-state index contributed by atoms with van der Waals surface area (Å²) in [5.74, 6) is -1.55. The molecule has 0 saturated heterocycles. The number of alkyl halides is 3. The number of hydrogen-bond acceptors (Lipinski definition) is 3. The lowest BCUT2D eigenvalue weighted by Crippen LogP contribution is -2.13. The van der Waals surface area contributed by atoms with Gasteiger partial charge in [0.2, 0.25) is 0 Å². The van der Waals surface area contributed by atoms with Crippen molar-refractivity contribution in [3.05, 3.63) is 59.0 Å². The summed E-state index contributed by atoms with van der Waals surface area (Å²) < 4.78 is 38.3. The first-order valence-corrected chi connectivity index (χ1v) is 7.01. The molecular weight excluding hydrogens is 345 g/mol. The van der Waals surface area contributed by atoms with Crippen LogP contribution >= 0.6 is 11.6 Å². The molecule has 24 heavy (non-hydrogen) atoms. The number of carboxylic acids is 1. The molecule has 2 heterocycles. The molecule has 1 aromatic carbocycles. The number of fused-ring (bicyclic) bond motifs is 1. The summed E-state index contributed by atoms with van der Waals surface area (Å²) >= 11 is 5.90. The standard InChI is InChI=1S/C16H8ClF3N2O2/c17-8-1-2-10-9(5-6-21-12(10)7-8)11-3-4-13(16(18,19)20)22-14(11)15(23)24/h1-7H,(H,23,24). The molecule has 0 atom stereocenters. The Balaban J connectivity index is 2.28. The summed E-state index contributed by atoms with van der Waals surface area (Å²) in [7, 11) is 0. The second-order valence-electron chi connectivity index (χ2n) is 4.92. The fraction of sp³-hybridized carbons (Fsp3) is 0.0625. The van der Waals surface area contributed by atoms with E-state index < -0.39 is 23.5 Å². The van der Waals surface area contributed by atoms with Gasteiger partial charge in [-0.1, -0.05) is 17.7 Å². The third-order valence-corrected chi connectivity index (χ3v) is 3.62. The topological polar surface area (TPSA) is 63.1 Å². The van der Waals surface area contributed by atoms with E-state index in [4.69, 9.17) is 11.6 Å². The number of aromatic nitrogens is 2. The van der Waals surface area contributed by atoms with Gasteiger partial charge in [0.05, 0.1) is 5.52 Å². The molecule has 0 aliphatic carbocycles. The molecule has 0 radical (unpaired) electrons. The molecule has 0 aliphatic heterocycles. The predicted molar refractivity (Wildman–Crippen MR) is 81.9 cm³/mol. The smallest absolute Gasteiger partial charge is 0.433 e. The minimum absolute atomic E-state index is 0.0743. The number of hydrogen-bond donors (Lipinski definition) is 1. The normalized spacial score (nSPS) is 11.7. The van der Waals surface area contributed by atoms with E-state index in [-0.39, 0.29) is 5.56 Å². The monoisotopic (exact) mass is 352 g/mol. The van der Waals surface area contributed by atoms with Crippen molar-refractivity contribution < 1.29 is 23.1 Å². The van der Waals surface area contributed by atoms with Gasteiger partial charge in [-0.25, -0.2) is 9.78 Å². The SMILES string of the molecule is O=C(O)c1nc(C(F)(F)F)ccc1-c1ccnc2cc(Cl)ccc12. The Hall–Kier alpha value is -2.67. The van der Waals surface area contributed by atoms with Gasteiger partial charge in [-0.05, 0) is 35.9 Å². The Morgan fingerprint density at radius 3 is 2.50 bits per heavy atom. The zero-order valence-corrected chi connectivity index (χ0v) is 12.6. The molecule has 0 saturated carbocycles. The molecule has 0 aliphatic rings. The predicted octanol–water partition coefficient (Wildman–Crippen LogP) is 4.67. The number of pyridine rings is 2. The van der Waals surface area contributed by atoms with Crippen LogP contribution in [0.2, 0.25) is 5.02 Å². The fourth-order valence-corrected chi connectivity index (χ4v) is 2.52. The lowest BCUT2D eigenvalue weighted by atomic mass is 9.99. The maximum atomic E-state index is 12.8. The highest BCUT2D eigenvalue weighted by Gasteiger charge is 2.34. The van der Waals surface area contributed by atoms with Crippen LogP contribution in [0.5, 0.6) is 0 Å². The number of halogens is 4. The molecule has 0 amide bonds. The van der Waals surface area contributed by atoms with E-state index in [1.54, 1.807) is 18.2 Å². The van der Waals surface area contributed by atoms with Crippen LogP contribution in [0, 0.1) is 0 Å². The van der Waals surface area contributed by atoms with Gasteiger partial charge in [0.1, 0.15) is 5.69 Å². The van der Waals surface area contributed by atoms with Gasteiger partial charge >= 0.3 is 12.1 Å². The summed E-state index contributed by atoms with van der Waals surface area (Å²) in [6.07, 6.45) is -3.30. The number of carbonyl (C=O) groups is 1. The Morgan fingerprint density at radius 1 is 1.08 bits per heavy atom. The Morgan fingerprint density at radius 2 is 1.83 bits per heavy atom. The van der Waals surface area contributed by atoms with E-state index in [0.29, 0.717) is 21.5 Å². The highest BCUT2D eigenvalue weighted by atomic mass is 35.5. The van der Waals surface area contributed by atoms with Gasteiger partial charge < -0.3 is 5.11 Å². The third kappa shape index (κ3) is 2.90. The van der Waals surface area contributed by atoms with E-state index in [2.05, 4.69) is 9.97 Å². The maximum absolute atomic E-state index is 12.8. The summed E-state index contributed by atoms with van der Waals surface area (Å²) in [5, 5.41) is 10.3. The zero-order valence-electron chi connectivity index (χ0n) is 11.8. The minimum Gasteiger partial charge on any atom is -0.476 e. The first-order valence-electron chi connectivity index (χ1n) is 6.63. The van der Waals surface area contributed by atoms with Crippen molar-refractivity contribution >= 4 is 28.5 Å². The van der Waals surface area contributed by atoms with Crippen LogP contribution in [0.4, 0.5) is 13.2 Å². The van der Waals surface area contributed by atoms with E-state index >= 15 is 0 Å². The second-order valence-corrected chi connectivity index (χ2v) is 5.35. The largest absolute Gasteiger partial charge is 0.476 e. The molecule has 122 valence electrons. The number of benzene rings is 1. The zero-order chi connectivity index (χ0) is 17.5.